The van der Waals surface area contributed by atoms with Crippen LogP contribution in [0, 0.1) is 13.8 Å². The zero-order valence-corrected chi connectivity index (χ0v) is 16.5. The van der Waals surface area contributed by atoms with Crippen LogP contribution in [-0.2, 0) is 0 Å². The maximum atomic E-state index is 4.70. The van der Waals surface area contributed by atoms with Crippen molar-refractivity contribution in [1.82, 2.24) is 5.32 Å². The standard InChI is InChI=1S/C23H24N6/c1-16-10-9-11-17(2)20(16)26-23-28-21(24-18-12-5-3-6-13-18)27-22(29-23)25-19-14-7-4-8-15-19/h3-15,21,24H,1-2H3,(H3,25,26,27,28,29). The van der Waals surface area contributed by atoms with Crippen molar-refractivity contribution in [3.8, 4) is 0 Å². The van der Waals surface area contributed by atoms with Crippen molar-refractivity contribution < 1.29 is 0 Å². The molecule has 0 spiro atoms. The lowest BCUT2D eigenvalue weighted by Crippen LogP contribution is -2.45. The van der Waals surface area contributed by atoms with Gasteiger partial charge in [-0.25, -0.2) is 9.98 Å². The number of anilines is 3. The summed E-state index contributed by atoms with van der Waals surface area (Å²) in [4.78, 5) is 9.37. The molecule has 1 unspecified atom stereocenters. The molecule has 0 aromatic heterocycles. The van der Waals surface area contributed by atoms with Crippen LogP contribution in [0.3, 0.4) is 0 Å². The molecule has 3 aromatic carbocycles. The van der Waals surface area contributed by atoms with Gasteiger partial charge in [0.1, 0.15) is 0 Å². The fourth-order valence-electron chi connectivity index (χ4n) is 3.11. The van der Waals surface area contributed by atoms with E-state index in [9.17, 15) is 0 Å². The van der Waals surface area contributed by atoms with Crippen LogP contribution in [0.5, 0.6) is 0 Å². The summed E-state index contributed by atoms with van der Waals surface area (Å²) in [6.45, 7) is 4.16. The molecule has 0 amide bonds. The van der Waals surface area contributed by atoms with Gasteiger partial charge in [-0.1, -0.05) is 54.6 Å². The van der Waals surface area contributed by atoms with Crippen molar-refractivity contribution in [2.75, 3.05) is 16.0 Å². The maximum Gasteiger partial charge on any atom is 0.221 e. The van der Waals surface area contributed by atoms with Crippen molar-refractivity contribution in [2.45, 2.75) is 20.1 Å². The smallest absolute Gasteiger partial charge is 0.221 e. The van der Waals surface area contributed by atoms with E-state index in [-0.39, 0.29) is 0 Å². The summed E-state index contributed by atoms with van der Waals surface area (Å²) in [5, 5.41) is 13.4. The predicted octanol–water partition coefficient (Wildman–Crippen LogP) is 4.54. The zero-order valence-electron chi connectivity index (χ0n) is 16.5. The Kier molecular flexibility index (Phi) is 5.42. The monoisotopic (exact) mass is 384 g/mol. The van der Waals surface area contributed by atoms with Gasteiger partial charge in [0.05, 0.1) is 0 Å². The van der Waals surface area contributed by atoms with E-state index in [1.54, 1.807) is 0 Å². The van der Waals surface area contributed by atoms with Crippen LogP contribution in [0.2, 0.25) is 0 Å². The molecule has 29 heavy (non-hydrogen) atoms. The molecule has 1 aliphatic heterocycles. The molecule has 0 fully saturated rings. The van der Waals surface area contributed by atoms with Crippen LogP contribution in [-0.4, -0.2) is 18.2 Å². The second kappa shape index (κ2) is 8.48. The minimum absolute atomic E-state index is 0.461. The molecular weight excluding hydrogens is 360 g/mol. The van der Waals surface area contributed by atoms with Crippen LogP contribution in [0.1, 0.15) is 11.1 Å². The van der Waals surface area contributed by atoms with Gasteiger partial charge in [0, 0.05) is 17.1 Å². The van der Waals surface area contributed by atoms with E-state index in [0.717, 1.165) is 28.2 Å². The fraction of sp³-hybridized carbons (Fsp3) is 0.130. The Morgan fingerprint density at radius 3 is 1.83 bits per heavy atom. The minimum Gasteiger partial charge on any atom is -0.345 e. The van der Waals surface area contributed by atoms with E-state index in [1.807, 2.05) is 60.7 Å². The predicted molar refractivity (Wildman–Crippen MR) is 121 cm³/mol. The van der Waals surface area contributed by atoms with Gasteiger partial charge in [-0.3, -0.25) is 5.32 Å². The molecule has 0 saturated carbocycles. The molecule has 0 bridgehead atoms. The van der Waals surface area contributed by atoms with E-state index in [0.29, 0.717) is 11.9 Å². The third kappa shape index (κ3) is 4.73. The number of benzene rings is 3. The second-order valence-corrected chi connectivity index (χ2v) is 6.85. The number of nitrogens with one attached hydrogen (secondary N) is 4. The van der Waals surface area contributed by atoms with Gasteiger partial charge in [0.2, 0.25) is 18.2 Å². The third-order valence-corrected chi connectivity index (χ3v) is 4.57. The van der Waals surface area contributed by atoms with Gasteiger partial charge in [0.25, 0.3) is 0 Å². The van der Waals surface area contributed by atoms with Crippen LogP contribution < -0.4 is 21.3 Å². The van der Waals surface area contributed by atoms with Gasteiger partial charge in [-0.15, -0.1) is 0 Å². The molecule has 0 saturated heterocycles. The number of rotatable bonds is 4. The quantitative estimate of drug-likeness (QED) is 0.533. The summed E-state index contributed by atoms with van der Waals surface area (Å²) in [5.41, 5.74) is 5.25. The van der Waals surface area contributed by atoms with Crippen molar-refractivity contribution in [2.24, 2.45) is 9.98 Å². The highest BCUT2D eigenvalue weighted by Gasteiger charge is 2.18. The molecule has 0 radical (unpaired) electrons. The van der Waals surface area contributed by atoms with E-state index in [2.05, 4.69) is 58.3 Å². The molecule has 0 aliphatic carbocycles. The van der Waals surface area contributed by atoms with Gasteiger partial charge in [-0.2, -0.15) is 0 Å². The van der Waals surface area contributed by atoms with E-state index in [4.69, 9.17) is 4.99 Å². The molecule has 4 N–H and O–H groups in total. The second-order valence-electron chi connectivity index (χ2n) is 6.85. The Morgan fingerprint density at radius 1 is 0.655 bits per heavy atom. The molecule has 4 rings (SSSR count). The highest BCUT2D eigenvalue weighted by Crippen LogP contribution is 2.20. The van der Waals surface area contributed by atoms with Gasteiger partial charge < -0.3 is 16.0 Å². The summed E-state index contributed by atoms with van der Waals surface area (Å²) in [6.07, 6.45) is -0.461. The zero-order chi connectivity index (χ0) is 20.1. The Morgan fingerprint density at radius 2 is 1.21 bits per heavy atom. The normalized spacial score (nSPS) is 15.6. The third-order valence-electron chi connectivity index (χ3n) is 4.57. The average Bonchev–Trinajstić information content (AvgIpc) is 2.72. The van der Waals surface area contributed by atoms with E-state index < -0.39 is 6.29 Å². The Bertz CT molecular complexity index is 1010. The average molecular weight is 384 g/mol. The van der Waals surface area contributed by atoms with E-state index >= 15 is 0 Å². The Hall–Kier alpha value is -3.80. The fourth-order valence-corrected chi connectivity index (χ4v) is 3.11. The topological polar surface area (TPSA) is 72.8 Å². The Labute approximate surface area is 170 Å². The summed E-state index contributed by atoms with van der Waals surface area (Å²) in [7, 11) is 0. The number of guanidine groups is 2. The summed E-state index contributed by atoms with van der Waals surface area (Å²) in [6, 6.07) is 26.1. The molecule has 6 nitrogen and oxygen atoms in total. The first kappa shape index (κ1) is 18.6. The Balaban J connectivity index is 1.59. The molecule has 1 heterocycles. The van der Waals surface area contributed by atoms with Gasteiger partial charge >= 0.3 is 0 Å². The van der Waals surface area contributed by atoms with Crippen molar-refractivity contribution in [1.29, 1.82) is 0 Å². The molecule has 1 aliphatic rings. The number of hydrogen-bond donors (Lipinski definition) is 4. The highest BCUT2D eigenvalue weighted by molar-refractivity contribution is 6.11. The lowest BCUT2D eigenvalue weighted by atomic mass is 10.1. The maximum absolute atomic E-state index is 4.70. The first-order valence-corrected chi connectivity index (χ1v) is 9.57. The van der Waals surface area contributed by atoms with Gasteiger partial charge in [-0.05, 0) is 49.2 Å². The van der Waals surface area contributed by atoms with Crippen LogP contribution >= 0.6 is 0 Å². The van der Waals surface area contributed by atoms with Crippen molar-refractivity contribution in [3.05, 3.63) is 90.0 Å². The van der Waals surface area contributed by atoms with Crippen LogP contribution in [0.4, 0.5) is 17.1 Å². The van der Waals surface area contributed by atoms with Crippen molar-refractivity contribution in [3.63, 3.8) is 0 Å². The lowest BCUT2D eigenvalue weighted by Gasteiger charge is -2.24. The number of aliphatic imine (C=N–C) groups is 2. The first-order valence-electron chi connectivity index (χ1n) is 9.57. The molecular formula is C23H24N6. The molecule has 1 atom stereocenters. The van der Waals surface area contributed by atoms with Crippen LogP contribution in [0.15, 0.2) is 88.8 Å². The molecule has 146 valence electrons. The van der Waals surface area contributed by atoms with Gasteiger partial charge in [0.15, 0.2) is 0 Å². The summed E-state index contributed by atoms with van der Waals surface area (Å²) >= 11 is 0. The minimum atomic E-state index is -0.461. The molecule has 3 aromatic rings. The number of para-hydroxylation sites is 3. The lowest BCUT2D eigenvalue weighted by molar-refractivity contribution is 0.784. The van der Waals surface area contributed by atoms with E-state index in [1.165, 1.54) is 0 Å². The number of hydrogen-bond acceptors (Lipinski definition) is 6. The number of nitrogens with zero attached hydrogens (tertiary/aromatic N) is 2. The highest BCUT2D eigenvalue weighted by atomic mass is 15.4. The van der Waals surface area contributed by atoms with Crippen LogP contribution in [0.25, 0.3) is 0 Å². The SMILES string of the molecule is Cc1cccc(C)c1NC1=NC(Nc2ccccc2)N=C(Nc2ccccc2)N1. The molecule has 6 heteroatoms. The van der Waals surface area contributed by atoms with Crippen molar-refractivity contribution >= 4 is 29.0 Å². The first-order chi connectivity index (χ1) is 14.2. The number of aryl methyl sites for hydroxylation is 2. The summed E-state index contributed by atoms with van der Waals surface area (Å²) in [5.74, 6) is 1.25. The largest absolute Gasteiger partial charge is 0.345 e. The summed E-state index contributed by atoms with van der Waals surface area (Å²) < 4.78 is 0.